The summed E-state index contributed by atoms with van der Waals surface area (Å²) in [6.45, 7) is 6.27. The quantitative estimate of drug-likeness (QED) is 0.0500. The van der Waals surface area contributed by atoms with Gasteiger partial charge in [-0.1, -0.05) is 41.0 Å². The molecule has 4 aliphatic heterocycles. The van der Waals surface area contributed by atoms with Gasteiger partial charge in [0.2, 0.25) is 0 Å². The number of carbonyl (C=O) groups is 1. The molecule has 3 saturated heterocycles. The third-order valence-corrected chi connectivity index (χ3v) is 11.2. The normalized spacial score (nSPS) is 36.5. The fraction of sp³-hybridized carbons (Fsp3) is 0.744. The number of esters is 1. The van der Waals surface area contributed by atoms with Crippen LogP contribution in [0.3, 0.4) is 0 Å². The van der Waals surface area contributed by atoms with Gasteiger partial charge in [-0.25, -0.2) is 4.79 Å². The monoisotopic (exact) mass is 872 g/mol. The van der Waals surface area contributed by atoms with E-state index in [-0.39, 0.29) is 12.6 Å². The maximum absolute atomic E-state index is 11.3. The van der Waals surface area contributed by atoms with Crippen molar-refractivity contribution in [2.24, 2.45) is 0 Å². The van der Waals surface area contributed by atoms with Crippen LogP contribution in [0.1, 0.15) is 79.1 Å². The Morgan fingerprint density at radius 2 is 1.10 bits per heavy atom. The molecule has 0 aliphatic carbocycles. The van der Waals surface area contributed by atoms with Gasteiger partial charge in [0.15, 0.2) is 18.9 Å². The highest BCUT2D eigenvalue weighted by Crippen LogP contribution is 2.33. The van der Waals surface area contributed by atoms with Gasteiger partial charge in [-0.05, 0) is 90.2 Å². The highest BCUT2D eigenvalue weighted by atomic mass is 16.8. The molecule has 0 saturated carbocycles. The molecule has 0 amide bonds. The first-order chi connectivity index (χ1) is 29.1. The summed E-state index contributed by atoms with van der Waals surface area (Å²) < 4.78 is 40.1. The number of hydrogen-bond acceptors (Lipinski definition) is 18. The Morgan fingerprint density at radius 1 is 0.607 bits per heavy atom. The largest absolute Gasteiger partial charge is 0.458 e. The van der Waals surface area contributed by atoms with Crippen molar-refractivity contribution in [3.8, 4) is 0 Å². The van der Waals surface area contributed by atoms with Crippen LogP contribution in [0.4, 0.5) is 0 Å². The smallest absolute Gasteiger partial charge is 0.331 e. The van der Waals surface area contributed by atoms with Crippen LogP contribution in [0, 0.1) is 0 Å². The predicted molar refractivity (Wildman–Crippen MR) is 216 cm³/mol. The summed E-state index contributed by atoms with van der Waals surface area (Å²) in [6, 6.07) is 0. The van der Waals surface area contributed by atoms with Crippen molar-refractivity contribution < 1.29 is 89.0 Å². The van der Waals surface area contributed by atoms with Crippen molar-refractivity contribution >= 4 is 5.97 Å². The SMILES string of the molecule is CC(C)=CCC/C(=C/CC/C(C)=C/CC/C(C)=C/CCC1=CC(=O)OC1)CO[C@@H]1O[C@H](CO)[C@@H](O)[C@H](O)[C@H]1O[C@@H]1O[C@H](CO)[C@@H](O)[C@H](O)[C@H]1O[C@@H]1O[C@H](CO)[C@@H](O)[C@H](O)[C@H]1O. The molecule has 10 N–H and O–H groups in total. The Kier molecular flexibility index (Phi) is 21.1. The molecule has 0 aromatic heterocycles. The minimum atomic E-state index is -1.91. The van der Waals surface area contributed by atoms with Gasteiger partial charge in [0, 0.05) is 6.08 Å². The molecule has 348 valence electrons. The summed E-state index contributed by atoms with van der Waals surface area (Å²) in [5, 5.41) is 105. The van der Waals surface area contributed by atoms with Crippen LogP contribution in [-0.4, -0.2) is 182 Å². The number of rotatable bonds is 22. The van der Waals surface area contributed by atoms with Crippen molar-refractivity contribution in [1.82, 2.24) is 0 Å². The molecule has 4 aliphatic rings. The molecule has 0 aromatic carbocycles. The molecule has 3 fully saturated rings. The molecule has 0 aromatic rings. The minimum Gasteiger partial charge on any atom is -0.458 e. The highest BCUT2D eigenvalue weighted by molar-refractivity contribution is 5.85. The van der Waals surface area contributed by atoms with E-state index in [1.54, 1.807) is 6.08 Å². The van der Waals surface area contributed by atoms with Gasteiger partial charge in [-0.15, -0.1) is 0 Å². The van der Waals surface area contributed by atoms with Crippen molar-refractivity contribution in [3.63, 3.8) is 0 Å². The molecule has 15 atom stereocenters. The van der Waals surface area contributed by atoms with Gasteiger partial charge >= 0.3 is 5.97 Å². The van der Waals surface area contributed by atoms with E-state index in [0.717, 1.165) is 48.8 Å². The van der Waals surface area contributed by atoms with E-state index in [0.29, 0.717) is 25.9 Å². The molecule has 4 rings (SSSR count). The summed E-state index contributed by atoms with van der Waals surface area (Å²) >= 11 is 0. The Bertz CT molecular complexity index is 1520. The second kappa shape index (κ2) is 25.1. The molecule has 0 radical (unpaired) electrons. The second-order valence-electron chi connectivity index (χ2n) is 16.4. The van der Waals surface area contributed by atoms with E-state index < -0.39 is 112 Å². The van der Waals surface area contributed by atoms with Crippen molar-refractivity contribution in [1.29, 1.82) is 0 Å². The third-order valence-electron chi connectivity index (χ3n) is 11.2. The average molecular weight is 873 g/mol. The van der Waals surface area contributed by atoms with Crippen LogP contribution in [-0.2, 0) is 38.0 Å². The third kappa shape index (κ3) is 14.8. The Morgan fingerprint density at radius 3 is 1.66 bits per heavy atom. The number of allylic oxidation sites excluding steroid dienone is 7. The van der Waals surface area contributed by atoms with E-state index in [4.69, 9.17) is 33.2 Å². The van der Waals surface area contributed by atoms with E-state index >= 15 is 0 Å². The number of carbonyl (C=O) groups excluding carboxylic acids is 1. The highest BCUT2D eigenvalue weighted by Gasteiger charge is 2.54. The Balaban J connectivity index is 1.45. The standard InChI is InChI=1S/C43H68O18/c1-23(2)9-5-14-26(15-7-12-24(3)10-6-11-25(4)13-8-16-27-17-31(47)55-22-27)21-56-42-39(36(52)33(49)29(19-45)58-42)61-43-40(37(53)34(50)30(20-46)59-43)60-41-38(54)35(51)32(48)28(18-44)57-41/h9-10,13,15,17,28-30,32-46,48-54H,5-8,11-12,14,16,18-22H2,1-4H3/b24-10+,25-13+,26-15-/t28-,29-,30-,32-,33-,34-,35+,36+,37+,38-,39-,40-,41+,42-,43+/m1/s1. The van der Waals surface area contributed by atoms with Crippen molar-refractivity contribution in [2.75, 3.05) is 33.0 Å². The second-order valence-corrected chi connectivity index (χ2v) is 16.4. The molecule has 0 unspecified atom stereocenters. The molecule has 0 bridgehead atoms. The summed E-state index contributed by atoms with van der Waals surface area (Å²) in [7, 11) is 0. The molecule has 0 spiro atoms. The lowest BCUT2D eigenvalue weighted by molar-refractivity contribution is -0.393. The van der Waals surface area contributed by atoms with Crippen LogP contribution in [0.25, 0.3) is 0 Å². The van der Waals surface area contributed by atoms with Crippen molar-refractivity contribution in [2.45, 2.75) is 171 Å². The number of aliphatic hydroxyl groups is 10. The lowest BCUT2D eigenvalue weighted by Gasteiger charge is -2.48. The van der Waals surface area contributed by atoms with Crippen LogP contribution < -0.4 is 0 Å². The first-order valence-corrected chi connectivity index (χ1v) is 21.0. The summed E-state index contributed by atoms with van der Waals surface area (Å²) in [6.07, 6.45) is -8.73. The van der Waals surface area contributed by atoms with E-state index in [9.17, 15) is 55.9 Å². The molecular formula is C43H68O18. The van der Waals surface area contributed by atoms with Crippen molar-refractivity contribution in [3.05, 3.63) is 58.2 Å². The number of aliphatic hydroxyl groups excluding tert-OH is 10. The molecule has 4 heterocycles. The Hall–Kier alpha value is -2.47. The van der Waals surface area contributed by atoms with Gasteiger partial charge < -0.3 is 84.2 Å². The molecule has 61 heavy (non-hydrogen) atoms. The molecular weight excluding hydrogens is 804 g/mol. The van der Waals surface area contributed by atoms with Gasteiger partial charge in [0.1, 0.15) is 79.9 Å². The summed E-state index contributed by atoms with van der Waals surface area (Å²) in [4.78, 5) is 11.3. The number of cyclic esters (lactones) is 1. The van der Waals surface area contributed by atoms with Crippen LogP contribution in [0.5, 0.6) is 0 Å². The predicted octanol–water partition coefficient (Wildman–Crippen LogP) is -0.159. The minimum absolute atomic E-state index is 0.0110. The molecule has 18 heteroatoms. The topological polar surface area (TPSA) is 284 Å². The average Bonchev–Trinajstić information content (AvgIpc) is 3.65. The fourth-order valence-corrected chi connectivity index (χ4v) is 7.42. The maximum Gasteiger partial charge on any atom is 0.331 e. The number of hydrogen-bond donors (Lipinski definition) is 10. The summed E-state index contributed by atoms with van der Waals surface area (Å²) in [5.41, 5.74) is 5.54. The van der Waals surface area contributed by atoms with E-state index in [2.05, 4.69) is 38.2 Å². The maximum atomic E-state index is 11.3. The van der Waals surface area contributed by atoms with E-state index in [1.165, 1.54) is 11.1 Å². The van der Waals surface area contributed by atoms with Gasteiger partial charge in [-0.3, -0.25) is 0 Å². The van der Waals surface area contributed by atoms with E-state index in [1.807, 2.05) is 13.8 Å². The van der Waals surface area contributed by atoms with Crippen LogP contribution in [0.2, 0.25) is 0 Å². The zero-order chi connectivity index (χ0) is 44.8. The van der Waals surface area contributed by atoms with Crippen LogP contribution >= 0.6 is 0 Å². The lowest BCUT2D eigenvalue weighted by atomic mass is 9.96. The fourth-order valence-electron chi connectivity index (χ4n) is 7.42. The van der Waals surface area contributed by atoms with Gasteiger partial charge in [-0.2, -0.15) is 0 Å². The number of ether oxygens (including phenoxy) is 7. The molecule has 18 nitrogen and oxygen atoms in total. The zero-order valence-electron chi connectivity index (χ0n) is 35.5. The first kappa shape index (κ1) is 51.2. The van der Waals surface area contributed by atoms with Gasteiger partial charge in [0.05, 0.1) is 26.4 Å². The lowest BCUT2D eigenvalue weighted by Crippen LogP contribution is -2.67. The van der Waals surface area contributed by atoms with Crippen LogP contribution in [0.15, 0.2) is 58.2 Å². The van der Waals surface area contributed by atoms with Gasteiger partial charge in [0.25, 0.3) is 0 Å². The zero-order valence-corrected chi connectivity index (χ0v) is 35.5. The first-order valence-electron chi connectivity index (χ1n) is 21.0. The summed E-state index contributed by atoms with van der Waals surface area (Å²) in [5.74, 6) is -0.276. The Labute approximate surface area is 356 Å².